The topological polar surface area (TPSA) is 83.2 Å². The largest absolute Gasteiger partial charge is 0.374 e. The van der Waals surface area contributed by atoms with Crippen LogP contribution in [0.4, 0.5) is 11.9 Å². The van der Waals surface area contributed by atoms with Crippen LogP contribution in [0.5, 0.6) is 0 Å². The average Bonchev–Trinajstić information content (AvgIpc) is 2.86. The molecule has 3 heterocycles. The minimum Gasteiger partial charge on any atom is -0.340 e. The Morgan fingerprint density at radius 3 is 2.71 bits per heavy atom. The van der Waals surface area contributed by atoms with Crippen LogP contribution in [0.15, 0.2) is 31.0 Å². The molecule has 0 amide bonds. The Hall–Kier alpha value is -2.35. The standard InChI is InChI=1S/C9H6N7S/c17-16(8-10-2-1-3-11-8)9-12-4-6-7(15-9)14-5-13-6/h1-5H,(H,12,13,14,15)/q+1. The Balaban J connectivity index is 2.06. The van der Waals surface area contributed by atoms with E-state index in [1.807, 2.05) is 0 Å². The zero-order valence-corrected chi connectivity index (χ0v) is 9.29. The summed E-state index contributed by atoms with van der Waals surface area (Å²) < 4.78 is 1.29. The minimum absolute atomic E-state index is 0.325. The van der Waals surface area contributed by atoms with Crippen LogP contribution in [-0.4, -0.2) is 29.9 Å². The lowest BCUT2D eigenvalue weighted by atomic mass is 10.5. The van der Waals surface area contributed by atoms with Gasteiger partial charge in [0.25, 0.3) is 0 Å². The van der Waals surface area contributed by atoms with Crippen LogP contribution in [0.3, 0.4) is 0 Å². The first-order valence-corrected chi connectivity index (χ1v) is 5.11. The van der Waals surface area contributed by atoms with Crippen LogP contribution in [0.25, 0.3) is 11.2 Å². The third-order valence-corrected chi connectivity index (χ3v) is 2.40. The molecule has 1 N–H and O–H groups in total. The number of nitrogens with zero attached hydrogens (tertiary/aromatic N) is 6. The van der Waals surface area contributed by atoms with E-state index in [0.717, 1.165) is 5.52 Å². The Morgan fingerprint density at radius 2 is 1.88 bits per heavy atom. The highest BCUT2D eigenvalue weighted by molar-refractivity contribution is 7.47. The summed E-state index contributed by atoms with van der Waals surface area (Å²) in [4.78, 5) is 23.3. The maximum absolute atomic E-state index is 5.15. The van der Waals surface area contributed by atoms with Crippen molar-refractivity contribution in [1.29, 1.82) is 0 Å². The number of aromatic amines is 1. The Kier molecular flexibility index (Phi) is 2.26. The Labute approximate surface area is 101 Å². The Bertz CT molecular complexity index is 678. The van der Waals surface area contributed by atoms with E-state index in [0.29, 0.717) is 17.5 Å². The maximum Gasteiger partial charge on any atom is 0.374 e. The highest BCUT2D eigenvalue weighted by Gasteiger charge is 2.16. The lowest BCUT2D eigenvalue weighted by Crippen LogP contribution is -2.06. The summed E-state index contributed by atoms with van der Waals surface area (Å²) in [5, 5.41) is 0. The molecule has 3 rings (SSSR count). The molecule has 0 spiro atoms. The predicted molar refractivity (Wildman–Crippen MR) is 62.5 cm³/mol. The number of aromatic nitrogens is 6. The third-order valence-electron chi connectivity index (χ3n) is 2.08. The van der Waals surface area contributed by atoms with Gasteiger partial charge in [0.15, 0.2) is 0 Å². The maximum atomic E-state index is 5.15. The molecule has 17 heavy (non-hydrogen) atoms. The molecular weight excluding hydrogens is 238 g/mol. The van der Waals surface area contributed by atoms with Crippen molar-refractivity contribution in [3.63, 3.8) is 0 Å². The molecule has 3 aromatic heterocycles. The summed E-state index contributed by atoms with van der Waals surface area (Å²) in [6, 6.07) is 1.71. The van der Waals surface area contributed by atoms with Gasteiger partial charge in [0, 0.05) is 0 Å². The van der Waals surface area contributed by atoms with E-state index in [9.17, 15) is 0 Å². The fraction of sp³-hybridized carbons (Fsp3) is 0. The molecule has 8 heteroatoms. The number of hydrogen-bond donors (Lipinski definition) is 1. The van der Waals surface area contributed by atoms with Gasteiger partial charge in [-0.2, -0.15) is 0 Å². The molecule has 0 fully saturated rings. The highest BCUT2D eigenvalue weighted by Crippen LogP contribution is 2.12. The minimum atomic E-state index is 0.325. The van der Waals surface area contributed by atoms with Gasteiger partial charge in [-0.25, -0.2) is 4.98 Å². The average molecular weight is 244 g/mol. The number of rotatable bonds is 2. The SMILES string of the molecule is S=[N+](c1ncccn1)c1ncc2[nH]cnc2n1. The molecular formula is C9H6N7S+. The monoisotopic (exact) mass is 244 g/mol. The van der Waals surface area contributed by atoms with Crippen molar-refractivity contribution < 1.29 is 0 Å². The number of H-pyrrole nitrogens is 1. The molecule has 82 valence electrons. The van der Waals surface area contributed by atoms with Gasteiger partial charge in [0.2, 0.25) is 5.65 Å². The van der Waals surface area contributed by atoms with Crippen LogP contribution in [0.2, 0.25) is 0 Å². The van der Waals surface area contributed by atoms with Gasteiger partial charge in [0.05, 0.1) is 31.1 Å². The van der Waals surface area contributed by atoms with Crippen LogP contribution < -0.4 is 3.95 Å². The van der Waals surface area contributed by atoms with Crippen LogP contribution >= 0.6 is 0 Å². The van der Waals surface area contributed by atoms with Gasteiger partial charge < -0.3 is 4.98 Å². The molecule has 0 aromatic carbocycles. The highest BCUT2D eigenvalue weighted by atomic mass is 32.1. The molecule has 0 aliphatic rings. The number of imidazole rings is 1. The van der Waals surface area contributed by atoms with Gasteiger partial charge in [-0.15, -0.1) is 23.9 Å². The van der Waals surface area contributed by atoms with Gasteiger partial charge in [-0.3, -0.25) is 0 Å². The lowest BCUT2D eigenvalue weighted by molar-refractivity contribution is 0.918. The first kappa shape index (κ1) is 9.85. The van der Waals surface area contributed by atoms with Crippen molar-refractivity contribution in [2.24, 2.45) is 0 Å². The van der Waals surface area contributed by atoms with Crippen molar-refractivity contribution in [1.82, 2.24) is 33.8 Å². The van der Waals surface area contributed by atoms with Gasteiger partial charge >= 0.3 is 11.9 Å². The molecule has 0 aliphatic carbocycles. The third kappa shape index (κ3) is 1.74. The summed E-state index contributed by atoms with van der Waals surface area (Å²) in [6.07, 6.45) is 6.38. The molecule has 0 atom stereocenters. The van der Waals surface area contributed by atoms with Gasteiger partial charge in [-0.1, -0.05) is 0 Å². The van der Waals surface area contributed by atoms with Gasteiger partial charge in [-0.05, 0) is 6.07 Å². The molecule has 3 aromatic rings. The van der Waals surface area contributed by atoms with Crippen molar-refractivity contribution in [2.75, 3.05) is 0 Å². The smallest absolute Gasteiger partial charge is 0.340 e. The summed E-state index contributed by atoms with van der Waals surface area (Å²) in [6.45, 7) is 0. The molecule has 0 saturated heterocycles. The second kappa shape index (κ2) is 3.91. The first-order valence-electron chi connectivity index (χ1n) is 4.75. The van der Waals surface area contributed by atoms with Crippen molar-refractivity contribution in [2.45, 2.75) is 0 Å². The van der Waals surface area contributed by atoms with E-state index < -0.39 is 0 Å². The summed E-state index contributed by atoms with van der Waals surface area (Å²) >= 11 is 5.15. The summed E-state index contributed by atoms with van der Waals surface area (Å²) in [5.41, 5.74) is 1.31. The van der Waals surface area contributed by atoms with E-state index in [4.69, 9.17) is 12.4 Å². The van der Waals surface area contributed by atoms with Gasteiger partial charge in [0.1, 0.15) is 11.7 Å². The normalized spacial score (nSPS) is 10.6. The molecule has 0 aliphatic heterocycles. The summed E-state index contributed by atoms with van der Waals surface area (Å²) in [7, 11) is 0. The van der Waals surface area contributed by atoms with Crippen molar-refractivity contribution in [3.8, 4) is 0 Å². The van der Waals surface area contributed by atoms with Crippen molar-refractivity contribution in [3.05, 3.63) is 31.0 Å². The first-order chi connectivity index (χ1) is 8.34. The van der Waals surface area contributed by atoms with Crippen molar-refractivity contribution >= 4 is 35.5 Å². The lowest BCUT2D eigenvalue weighted by Gasteiger charge is -1.94. The molecule has 0 unspecified atom stereocenters. The van der Waals surface area contributed by atoms with E-state index >= 15 is 0 Å². The number of nitrogens with one attached hydrogen (secondary N) is 1. The van der Waals surface area contributed by atoms with E-state index in [2.05, 4.69) is 29.9 Å². The Morgan fingerprint density at radius 1 is 1.06 bits per heavy atom. The predicted octanol–water partition coefficient (Wildman–Crippen LogP) is 0.708. The van der Waals surface area contributed by atoms with Crippen LogP contribution in [-0.2, 0) is 12.4 Å². The second-order valence-corrected chi connectivity index (χ2v) is 3.52. The molecule has 0 saturated carbocycles. The number of hydrogen-bond acceptors (Lipinski definition) is 6. The van der Waals surface area contributed by atoms with E-state index in [1.54, 1.807) is 31.0 Å². The quantitative estimate of drug-likeness (QED) is 0.668. The fourth-order valence-corrected chi connectivity index (χ4v) is 1.49. The zero-order chi connectivity index (χ0) is 11.7. The molecule has 7 nitrogen and oxygen atoms in total. The molecule has 0 bridgehead atoms. The van der Waals surface area contributed by atoms with E-state index in [-0.39, 0.29) is 0 Å². The van der Waals surface area contributed by atoms with Crippen LogP contribution in [0, 0.1) is 0 Å². The number of fused-ring (bicyclic) bond motifs is 1. The zero-order valence-electron chi connectivity index (χ0n) is 8.48. The fourth-order valence-electron chi connectivity index (χ4n) is 1.31. The second-order valence-electron chi connectivity index (χ2n) is 3.15. The van der Waals surface area contributed by atoms with E-state index in [1.165, 1.54) is 3.95 Å². The molecule has 0 radical (unpaired) electrons. The van der Waals surface area contributed by atoms with Crippen LogP contribution in [0.1, 0.15) is 0 Å². The summed E-state index contributed by atoms with van der Waals surface area (Å²) in [5.74, 6) is 0.684.